The first-order valence-corrected chi connectivity index (χ1v) is 5.67. The van der Waals surface area contributed by atoms with Gasteiger partial charge in [0.25, 0.3) is 0 Å². The van der Waals surface area contributed by atoms with Crippen LogP contribution in [0.1, 0.15) is 13.3 Å². The second-order valence-corrected chi connectivity index (χ2v) is 4.28. The largest absolute Gasteiger partial charge is 0.354 e. The lowest BCUT2D eigenvalue weighted by molar-refractivity contribution is 0.597. The van der Waals surface area contributed by atoms with E-state index in [2.05, 4.69) is 15.3 Å². The van der Waals surface area contributed by atoms with E-state index in [-0.39, 0.29) is 4.90 Å². The summed E-state index contributed by atoms with van der Waals surface area (Å²) in [5.41, 5.74) is 0. The molecule has 1 rings (SSSR count). The summed E-state index contributed by atoms with van der Waals surface area (Å²) < 4.78 is 21.7. The molecule has 0 atom stereocenters. The summed E-state index contributed by atoms with van der Waals surface area (Å²) in [4.78, 5) is 7.52. The minimum Gasteiger partial charge on any atom is -0.354 e. The van der Waals surface area contributed by atoms with Crippen molar-refractivity contribution in [2.45, 2.75) is 18.2 Å². The van der Waals surface area contributed by atoms with E-state index in [1.165, 1.54) is 12.4 Å². The minimum absolute atomic E-state index is 0.0838. The molecule has 0 saturated heterocycles. The minimum atomic E-state index is -3.69. The Bertz CT molecular complexity index is 387. The number of primary sulfonamides is 1. The molecular weight excluding hydrogens is 204 g/mol. The van der Waals surface area contributed by atoms with Gasteiger partial charge in [-0.3, -0.25) is 0 Å². The van der Waals surface area contributed by atoms with E-state index in [4.69, 9.17) is 5.14 Å². The highest BCUT2D eigenvalue weighted by molar-refractivity contribution is 7.89. The number of nitrogens with two attached hydrogens (primary N) is 1. The Hall–Kier alpha value is -1.21. The molecule has 3 N–H and O–H groups in total. The molecule has 0 bridgehead atoms. The van der Waals surface area contributed by atoms with Crippen LogP contribution < -0.4 is 10.5 Å². The first-order chi connectivity index (χ1) is 6.54. The van der Waals surface area contributed by atoms with E-state index in [0.717, 1.165) is 13.0 Å². The van der Waals surface area contributed by atoms with Crippen molar-refractivity contribution >= 4 is 16.0 Å². The smallest absolute Gasteiger partial charge is 0.241 e. The van der Waals surface area contributed by atoms with Gasteiger partial charge in [-0.25, -0.2) is 23.5 Å². The third-order valence-corrected chi connectivity index (χ3v) is 2.36. The van der Waals surface area contributed by atoms with Gasteiger partial charge in [-0.05, 0) is 6.42 Å². The van der Waals surface area contributed by atoms with Crippen molar-refractivity contribution in [3.63, 3.8) is 0 Å². The Morgan fingerprint density at radius 1 is 1.43 bits per heavy atom. The summed E-state index contributed by atoms with van der Waals surface area (Å²) in [7, 11) is -3.69. The third-order valence-electron chi connectivity index (χ3n) is 1.49. The third kappa shape index (κ3) is 2.93. The summed E-state index contributed by atoms with van der Waals surface area (Å²) >= 11 is 0. The van der Waals surface area contributed by atoms with E-state index in [1.807, 2.05) is 6.92 Å². The van der Waals surface area contributed by atoms with Gasteiger partial charge >= 0.3 is 0 Å². The van der Waals surface area contributed by atoms with Gasteiger partial charge in [0.1, 0.15) is 4.90 Å². The average Bonchev–Trinajstić information content (AvgIpc) is 2.14. The lowest BCUT2D eigenvalue weighted by Crippen LogP contribution is -2.13. The van der Waals surface area contributed by atoms with Crippen molar-refractivity contribution in [1.29, 1.82) is 0 Å². The molecule has 0 aliphatic rings. The lowest BCUT2D eigenvalue weighted by Gasteiger charge is -2.02. The molecule has 0 amide bonds. The molecule has 0 aromatic carbocycles. The summed E-state index contributed by atoms with van der Waals surface area (Å²) in [5.74, 6) is 0.402. The molecule has 1 aromatic rings. The zero-order chi connectivity index (χ0) is 10.6. The fourth-order valence-corrected chi connectivity index (χ4v) is 1.19. The van der Waals surface area contributed by atoms with E-state index in [0.29, 0.717) is 5.95 Å². The average molecular weight is 216 g/mol. The van der Waals surface area contributed by atoms with Crippen LogP contribution in [0.4, 0.5) is 5.95 Å². The van der Waals surface area contributed by atoms with Crippen LogP contribution in [0.2, 0.25) is 0 Å². The molecule has 78 valence electrons. The molecule has 6 nitrogen and oxygen atoms in total. The number of rotatable bonds is 4. The summed E-state index contributed by atoms with van der Waals surface area (Å²) in [6, 6.07) is 0. The molecule has 1 heterocycles. The molecule has 1 aromatic heterocycles. The number of hydrogen-bond donors (Lipinski definition) is 2. The highest BCUT2D eigenvalue weighted by Gasteiger charge is 2.08. The van der Waals surface area contributed by atoms with E-state index >= 15 is 0 Å². The maximum absolute atomic E-state index is 10.8. The molecule has 0 unspecified atom stereocenters. The number of hydrogen-bond acceptors (Lipinski definition) is 5. The second-order valence-electron chi connectivity index (χ2n) is 2.71. The maximum Gasteiger partial charge on any atom is 0.241 e. The Kier molecular flexibility index (Phi) is 3.37. The van der Waals surface area contributed by atoms with E-state index in [9.17, 15) is 8.42 Å². The molecule has 14 heavy (non-hydrogen) atoms. The predicted molar refractivity (Wildman–Crippen MR) is 52.2 cm³/mol. The molecule has 0 aliphatic heterocycles. The summed E-state index contributed by atoms with van der Waals surface area (Å²) in [6.07, 6.45) is 3.31. The Morgan fingerprint density at radius 2 is 2.00 bits per heavy atom. The van der Waals surface area contributed by atoms with Crippen molar-refractivity contribution in [3.05, 3.63) is 12.4 Å². The van der Waals surface area contributed by atoms with Crippen LogP contribution >= 0.6 is 0 Å². The predicted octanol–water partition coefficient (Wildman–Crippen LogP) is -0.0541. The zero-order valence-corrected chi connectivity index (χ0v) is 8.58. The first kappa shape index (κ1) is 10.9. The fraction of sp³-hybridized carbons (Fsp3) is 0.429. The van der Waals surface area contributed by atoms with Crippen molar-refractivity contribution in [3.8, 4) is 0 Å². The number of sulfonamides is 1. The maximum atomic E-state index is 10.8. The monoisotopic (exact) mass is 216 g/mol. The van der Waals surface area contributed by atoms with Crippen LogP contribution in [-0.2, 0) is 10.0 Å². The van der Waals surface area contributed by atoms with Crippen LogP contribution in [-0.4, -0.2) is 24.9 Å². The van der Waals surface area contributed by atoms with Crippen molar-refractivity contribution < 1.29 is 8.42 Å². The lowest BCUT2D eigenvalue weighted by atomic mass is 10.5. The van der Waals surface area contributed by atoms with Crippen LogP contribution in [0.15, 0.2) is 17.3 Å². The number of anilines is 1. The van der Waals surface area contributed by atoms with Gasteiger partial charge in [0.2, 0.25) is 16.0 Å². The van der Waals surface area contributed by atoms with Gasteiger partial charge < -0.3 is 5.32 Å². The van der Waals surface area contributed by atoms with E-state index < -0.39 is 10.0 Å². The number of nitrogens with one attached hydrogen (secondary N) is 1. The normalized spacial score (nSPS) is 11.3. The van der Waals surface area contributed by atoms with Crippen LogP contribution in [0, 0.1) is 0 Å². The highest BCUT2D eigenvalue weighted by Crippen LogP contribution is 2.04. The van der Waals surface area contributed by atoms with Crippen molar-refractivity contribution in [2.75, 3.05) is 11.9 Å². The molecule has 0 saturated carbocycles. The molecule has 0 fully saturated rings. The van der Waals surface area contributed by atoms with Gasteiger partial charge in [0.15, 0.2) is 0 Å². The number of nitrogens with zero attached hydrogens (tertiary/aromatic N) is 2. The quantitative estimate of drug-likeness (QED) is 0.735. The van der Waals surface area contributed by atoms with Gasteiger partial charge in [0, 0.05) is 6.54 Å². The first-order valence-electron chi connectivity index (χ1n) is 4.12. The van der Waals surface area contributed by atoms with Gasteiger partial charge in [-0.2, -0.15) is 0 Å². The fourth-order valence-electron chi connectivity index (χ4n) is 0.791. The Morgan fingerprint density at radius 3 is 2.43 bits per heavy atom. The van der Waals surface area contributed by atoms with Crippen molar-refractivity contribution in [1.82, 2.24) is 9.97 Å². The van der Waals surface area contributed by atoms with Gasteiger partial charge in [-0.1, -0.05) is 6.92 Å². The highest BCUT2D eigenvalue weighted by atomic mass is 32.2. The molecule has 0 spiro atoms. The van der Waals surface area contributed by atoms with Gasteiger partial charge in [0.05, 0.1) is 12.4 Å². The molecular formula is C7H12N4O2S. The van der Waals surface area contributed by atoms with E-state index in [1.54, 1.807) is 0 Å². The topological polar surface area (TPSA) is 98.0 Å². The molecule has 7 heteroatoms. The van der Waals surface area contributed by atoms with Gasteiger partial charge in [-0.15, -0.1) is 0 Å². The molecule has 0 radical (unpaired) electrons. The standard InChI is InChI=1S/C7H12N4O2S/c1-2-3-9-7-10-4-6(5-11-7)14(8,12)13/h4-5H,2-3H2,1H3,(H2,8,12,13)(H,9,10,11). The van der Waals surface area contributed by atoms with Crippen LogP contribution in [0.3, 0.4) is 0 Å². The van der Waals surface area contributed by atoms with Crippen LogP contribution in [0.5, 0.6) is 0 Å². The summed E-state index contributed by atoms with van der Waals surface area (Å²) in [6.45, 7) is 2.75. The van der Waals surface area contributed by atoms with Crippen LogP contribution in [0.25, 0.3) is 0 Å². The second kappa shape index (κ2) is 4.34. The SMILES string of the molecule is CCCNc1ncc(S(N)(=O)=O)cn1. The Balaban J connectivity index is 2.79. The Labute approximate surface area is 82.6 Å². The zero-order valence-electron chi connectivity index (χ0n) is 7.77. The van der Waals surface area contributed by atoms with Crippen molar-refractivity contribution in [2.24, 2.45) is 5.14 Å². The molecule has 0 aliphatic carbocycles. The summed E-state index contributed by atoms with van der Waals surface area (Å²) in [5, 5.41) is 7.79. The number of aromatic nitrogens is 2.